The van der Waals surface area contributed by atoms with Crippen molar-refractivity contribution in [1.29, 1.82) is 0 Å². The zero-order chi connectivity index (χ0) is 19.1. The smallest absolute Gasteiger partial charge is 0.258 e. The summed E-state index contributed by atoms with van der Waals surface area (Å²) in [4.78, 5) is 14.4. The first-order chi connectivity index (χ1) is 13.1. The molecule has 0 radical (unpaired) electrons. The molecule has 0 saturated carbocycles. The van der Waals surface area contributed by atoms with Gasteiger partial charge in [0.1, 0.15) is 5.75 Å². The molecular weight excluding hydrogens is 387 g/mol. The van der Waals surface area contributed by atoms with Crippen LogP contribution in [0.2, 0.25) is 10.0 Å². The van der Waals surface area contributed by atoms with E-state index in [1.165, 1.54) is 5.56 Å². The van der Waals surface area contributed by atoms with Crippen LogP contribution in [0.3, 0.4) is 0 Å². The monoisotopic (exact) mass is 408 g/mol. The number of hydrogen-bond donors (Lipinski definition) is 1. The van der Waals surface area contributed by atoms with Crippen molar-refractivity contribution in [2.24, 2.45) is 0 Å². The Balaban J connectivity index is 1.47. The van der Waals surface area contributed by atoms with E-state index >= 15 is 0 Å². The van der Waals surface area contributed by atoms with Crippen LogP contribution in [0.25, 0.3) is 0 Å². The molecule has 1 aliphatic rings. The number of nitrogens with one attached hydrogen (secondary N) is 1. The van der Waals surface area contributed by atoms with Crippen LogP contribution in [-0.2, 0) is 22.6 Å². The standard InChI is InChI=1S/C20H22Cl2N2O3/c21-17-4-5-18(22)19(11-17)27-14-20(25)23-12-15-2-1-3-16(10-15)13-24-6-8-26-9-7-24/h1-5,10-11H,6-9,12-14H2,(H,23,25). The molecule has 3 rings (SSSR count). The van der Waals surface area contributed by atoms with E-state index in [-0.39, 0.29) is 12.5 Å². The van der Waals surface area contributed by atoms with Crippen LogP contribution >= 0.6 is 23.2 Å². The highest BCUT2D eigenvalue weighted by Gasteiger charge is 2.11. The van der Waals surface area contributed by atoms with Gasteiger partial charge in [0.15, 0.2) is 6.61 Å². The third-order valence-electron chi connectivity index (χ3n) is 4.24. The van der Waals surface area contributed by atoms with Gasteiger partial charge in [0.2, 0.25) is 0 Å². The maximum atomic E-state index is 12.1. The van der Waals surface area contributed by atoms with E-state index in [1.807, 2.05) is 12.1 Å². The minimum atomic E-state index is -0.218. The van der Waals surface area contributed by atoms with Gasteiger partial charge in [-0.2, -0.15) is 0 Å². The second kappa shape index (κ2) is 9.95. The number of halogens is 2. The molecule has 1 heterocycles. The predicted octanol–water partition coefficient (Wildman–Crippen LogP) is 3.52. The Morgan fingerprint density at radius 2 is 1.89 bits per heavy atom. The Morgan fingerprint density at radius 1 is 1.11 bits per heavy atom. The second-order valence-electron chi connectivity index (χ2n) is 6.35. The maximum Gasteiger partial charge on any atom is 0.258 e. The first-order valence-corrected chi connectivity index (χ1v) is 9.58. The number of hydrogen-bond acceptors (Lipinski definition) is 4. The summed E-state index contributed by atoms with van der Waals surface area (Å²) >= 11 is 11.9. The largest absolute Gasteiger partial charge is 0.482 e. The molecule has 7 heteroatoms. The van der Waals surface area contributed by atoms with Crippen molar-refractivity contribution in [1.82, 2.24) is 10.2 Å². The van der Waals surface area contributed by atoms with Crippen molar-refractivity contribution in [2.75, 3.05) is 32.9 Å². The molecular formula is C20H22Cl2N2O3. The number of carbonyl (C=O) groups excluding carboxylic acids is 1. The fourth-order valence-corrected chi connectivity index (χ4v) is 3.17. The van der Waals surface area contributed by atoms with E-state index < -0.39 is 0 Å². The number of carbonyl (C=O) groups is 1. The van der Waals surface area contributed by atoms with Gasteiger partial charge in [-0.05, 0) is 23.3 Å². The maximum absolute atomic E-state index is 12.1. The van der Waals surface area contributed by atoms with Gasteiger partial charge in [0, 0.05) is 37.3 Å². The number of amides is 1. The van der Waals surface area contributed by atoms with Crippen LogP contribution in [-0.4, -0.2) is 43.7 Å². The molecule has 0 spiro atoms. The Morgan fingerprint density at radius 3 is 2.70 bits per heavy atom. The molecule has 1 aliphatic heterocycles. The quantitative estimate of drug-likeness (QED) is 0.761. The molecule has 0 unspecified atom stereocenters. The predicted molar refractivity (Wildman–Crippen MR) is 106 cm³/mol. The highest BCUT2D eigenvalue weighted by atomic mass is 35.5. The minimum Gasteiger partial charge on any atom is -0.482 e. The Kier molecular flexibility index (Phi) is 7.35. The van der Waals surface area contributed by atoms with E-state index in [4.69, 9.17) is 32.7 Å². The third kappa shape index (κ3) is 6.40. The first-order valence-electron chi connectivity index (χ1n) is 8.82. The van der Waals surface area contributed by atoms with Crippen LogP contribution in [0, 0.1) is 0 Å². The van der Waals surface area contributed by atoms with E-state index in [0.29, 0.717) is 22.3 Å². The molecule has 0 atom stereocenters. The molecule has 1 amide bonds. The minimum absolute atomic E-state index is 0.118. The number of morpholine rings is 1. The van der Waals surface area contributed by atoms with Crippen molar-refractivity contribution in [3.8, 4) is 5.75 Å². The highest BCUT2D eigenvalue weighted by Crippen LogP contribution is 2.27. The van der Waals surface area contributed by atoms with Crippen molar-refractivity contribution < 1.29 is 14.3 Å². The van der Waals surface area contributed by atoms with E-state index in [9.17, 15) is 4.79 Å². The van der Waals surface area contributed by atoms with Crippen molar-refractivity contribution in [3.63, 3.8) is 0 Å². The summed E-state index contributed by atoms with van der Waals surface area (Å²) in [5.41, 5.74) is 2.28. The molecule has 1 saturated heterocycles. The van der Waals surface area contributed by atoms with E-state index in [2.05, 4.69) is 22.3 Å². The topological polar surface area (TPSA) is 50.8 Å². The van der Waals surface area contributed by atoms with Crippen LogP contribution in [0.4, 0.5) is 0 Å². The lowest BCUT2D eigenvalue weighted by atomic mass is 10.1. The molecule has 1 N–H and O–H groups in total. The van der Waals surface area contributed by atoms with E-state index in [0.717, 1.165) is 38.4 Å². The van der Waals surface area contributed by atoms with E-state index in [1.54, 1.807) is 18.2 Å². The van der Waals surface area contributed by atoms with Crippen molar-refractivity contribution in [3.05, 3.63) is 63.6 Å². The average Bonchev–Trinajstić information content (AvgIpc) is 2.68. The van der Waals surface area contributed by atoms with Crippen LogP contribution in [0.1, 0.15) is 11.1 Å². The Labute approximate surface area is 169 Å². The lowest BCUT2D eigenvalue weighted by Crippen LogP contribution is -2.35. The summed E-state index contributed by atoms with van der Waals surface area (Å²) in [5.74, 6) is 0.177. The molecule has 2 aromatic carbocycles. The fraction of sp³-hybridized carbons (Fsp3) is 0.350. The van der Waals surface area contributed by atoms with Gasteiger partial charge in [0.05, 0.1) is 18.2 Å². The number of nitrogens with zero attached hydrogens (tertiary/aromatic N) is 1. The lowest BCUT2D eigenvalue weighted by molar-refractivity contribution is -0.123. The lowest BCUT2D eigenvalue weighted by Gasteiger charge is -2.26. The third-order valence-corrected chi connectivity index (χ3v) is 4.79. The van der Waals surface area contributed by atoms with Crippen LogP contribution < -0.4 is 10.1 Å². The molecule has 2 aromatic rings. The zero-order valence-electron chi connectivity index (χ0n) is 14.9. The van der Waals surface area contributed by atoms with Gasteiger partial charge < -0.3 is 14.8 Å². The molecule has 0 bridgehead atoms. The summed E-state index contributed by atoms with van der Waals surface area (Å²) in [6.45, 7) is 4.69. The Bertz CT molecular complexity index is 780. The number of rotatable bonds is 7. The summed E-state index contributed by atoms with van der Waals surface area (Å²) in [7, 11) is 0. The normalized spacial score (nSPS) is 14.7. The second-order valence-corrected chi connectivity index (χ2v) is 7.19. The van der Waals surface area contributed by atoms with Crippen molar-refractivity contribution in [2.45, 2.75) is 13.1 Å². The zero-order valence-corrected chi connectivity index (χ0v) is 16.4. The molecule has 1 fully saturated rings. The fourth-order valence-electron chi connectivity index (χ4n) is 2.84. The van der Waals surface area contributed by atoms with Crippen molar-refractivity contribution >= 4 is 29.1 Å². The summed E-state index contributed by atoms with van der Waals surface area (Å²) in [6, 6.07) is 13.1. The van der Waals surface area contributed by atoms with Gasteiger partial charge >= 0.3 is 0 Å². The van der Waals surface area contributed by atoms with Gasteiger partial charge in [-0.1, -0.05) is 47.5 Å². The molecule has 0 aliphatic carbocycles. The highest BCUT2D eigenvalue weighted by molar-refractivity contribution is 6.34. The van der Waals surface area contributed by atoms with Gasteiger partial charge in [0.25, 0.3) is 5.91 Å². The van der Waals surface area contributed by atoms with Crippen LogP contribution in [0.15, 0.2) is 42.5 Å². The summed E-state index contributed by atoms with van der Waals surface area (Å²) in [6.07, 6.45) is 0. The summed E-state index contributed by atoms with van der Waals surface area (Å²) < 4.78 is 10.8. The molecule has 144 valence electrons. The van der Waals surface area contributed by atoms with Gasteiger partial charge in [-0.15, -0.1) is 0 Å². The molecule has 27 heavy (non-hydrogen) atoms. The number of ether oxygens (including phenoxy) is 2. The van der Waals surface area contributed by atoms with Crippen LogP contribution in [0.5, 0.6) is 5.75 Å². The molecule has 5 nitrogen and oxygen atoms in total. The summed E-state index contributed by atoms with van der Waals surface area (Å²) in [5, 5.41) is 3.79. The Hall–Kier alpha value is -1.79. The van der Waals surface area contributed by atoms with Gasteiger partial charge in [-0.3, -0.25) is 9.69 Å². The number of benzene rings is 2. The van der Waals surface area contributed by atoms with Gasteiger partial charge in [-0.25, -0.2) is 0 Å². The molecule has 0 aromatic heterocycles. The first kappa shape index (κ1) is 20.0. The SMILES string of the molecule is O=C(COc1cc(Cl)ccc1Cl)NCc1cccc(CN2CCOCC2)c1. The average molecular weight is 409 g/mol.